The molecule has 1 aromatic heterocycles. The van der Waals surface area contributed by atoms with Crippen LogP contribution in [0.1, 0.15) is 27.0 Å². The van der Waals surface area contributed by atoms with Gasteiger partial charge in [0.2, 0.25) is 0 Å². The standard InChI is InChI=1S/C12H16FN3O2/c1-5-7-8(12(7,2)3)10(18-5)16-4-6(13)9(14)15-11(16)17/h4-5,7-8,10H,1-3H3,(H2,14,15,17)/t5-,7+,8+,10-/m1/s1. The van der Waals surface area contributed by atoms with Crippen molar-refractivity contribution in [2.75, 3.05) is 5.73 Å². The molecule has 2 aliphatic rings. The van der Waals surface area contributed by atoms with Gasteiger partial charge in [-0.3, -0.25) is 4.57 Å². The Morgan fingerprint density at radius 2 is 2.17 bits per heavy atom. The minimum Gasteiger partial charge on any atom is -0.381 e. The van der Waals surface area contributed by atoms with Gasteiger partial charge in [0, 0.05) is 5.92 Å². The fraction of sp³-hybridized carbons (Fsp3) is 0.667. The van der Waals surface area contributed by atoms with Crippen LogP contribution in [0.25, 0.3) is 0 Å². The van der Waals surface area contributed by atoms with E-state index in [9.17, 15) is 9.18 Å². The van der Waals surface area contributed by atoms with E-state index in [1.165, 1.54) is 4.57 Å². The number of nitrogens with zero attached hydrogens (tertiary/aromatic N) is 2. The third-order valence-electron chi connectivity index (χ3n) is 4.37. The van der Waals surface area contributed by atoms with Gasteiger partial charge in [-0.05, 0) is 18.3 Å². The Morgan fingerprint density at radius 3 is 2.72 bits per heavy atom. The maximum absolute atomic E-state index is 13.4. The summed E-state index contributed by atoms with van der Waals surface area (Å²) in [5.74, 6) is -0.410. The quantitative estimate of drug-likeness (QED) is 0.815. The predicted molar refractivity (Wildman–Crippen MR) is 63.2 cm³/mol. The number of fused-ring (bicyclic) bond motifs is 1. The molecule has 1 aliphatic heterocycles. The zero-order valence-corrected chi connectivity index (χ0v) is 10.6. The molecule has 3 rings (SSSR count). The Kier molecular flexibility index (Phi) is 2.15. The van der Waals surface area contributed by atoms with E-state index in [0.717, 1.165) is 6.20 Å². The Morgan fingerprint density at radius 1 is 1.50 bits per heavy atom. The molecule has 1 saturated carbocycles. The lowest BCUT2D eigenvalue weighted by Crippen LogP contribution is -2.31. The Hall–Kier alpha value is -1.43. The molecule has 1 aromatic rings. The van der Waals surface area contributed by atoms with Crippen molar-refractivity contribution < 1.29 is 9.13 Å². The van der Waals surface area contributed by atoms with Crippen LogP contribution in [-0.4, -0.2) is 15.7 Å². The van der Waals surface area contributed by atoms with E-state index in [1.807, 2.05) is 6.92 Å². The number of anilines is 1. The molecule has 2 N–H and O–H groups in total. The number of nitrogens with two attached hydrogens (primary N) is 1. The van der Waals surface area contributed by atoms with Gasteiger partial charge in [-0.2, -0.15) is 4.98 Å². The van der Waals surface area contributed by atoms with Gasteiger partial charge in [-0.1, -0.05) is 13.8 Å². The van der Waals surface area contributed by atoms with Crippen LogP contribution in [-0.2, 0) is 4.74 Å². The lowest BCUT2D eigenvalue weighted by molar-refractivity contribution is -0.0430. The highest BCUT2D eigenvalue weighted by Crippen LogP contribution is 2.69. The number of ether oxygens (including phenoxy) is 1. The highest BCUT2D eigenvalue weighted by Gasteiger charge is 2.69. The maximum Gasteiger partial charge on any atom is 0.351 e. The first-order valence-corrected chi connectivity index (χ1v) is 6.03. The molecule has 0 amide bonds. The fourth-order valence-corrected chi connectivity index (χ4v) is 3.43. The van der Waals surface area contributed by atoms with Crippen molar-refractivity contribution in [3.05, 3.63) is 22.5 Å². The predicted octanol–water partition coefficient (Wildman–Crippen LogP) is 1.15. The molecule has 5 nitrogen and oxygen atoms in total. The lowest BCUT2D eigenvalue weighted by atomic mass is 10.1. The second-order valence-corrected chi connectivity index (χ2v) is 5.77. The molecular weight excluding hydrogens is 237 g/mol. The van der Waals surface area contributed by atoms with Crippen LogP contribution in [0.15, 0.2) is 11.0 Å². The third kappa shape index (κ3) is 1.35. The molecule has 1 aliphatic carbocycles. The van der Waals surface area contributed by atoms with Crippen LogP contribution in [0, 0.1) is 23.1 Å². The van der Waals surface area contributed by atoms with Crippen molar-refractivity contribution in [2.45, 2.75) is 33.1 Å². The van der Waals surface area contributed by atoms with Crippen LogP contribution in [0.3, 0.4) is 0 Å². The molecular formula is C12H16FN3O2. The first kappa shape index (κ1) is 11.6. The summed E-state index contributed by atoms with van der Waals surface area (Å²) < 4.78 is 20.4. The molecule has 18 heavy (non-hydrogen) atoms. The van der Waals surface area contributed by atoms with Gasteiger partial charge < -0.3 is 10.5 Å². The average molecular weight is 253 g/mol. The zero-order chi connectivity index (χ0) is 13.2. The number of rotatable bonds is 1. The van der Waals surface area contributed by atoms with Crippen molar-refractivity contribution in [3.8, 4) is 0 Å². The first-order valence-electron chi connectivity index (χ1n) is 6.03. The highest BCUT2D eigenvalue weighted by atomic mass is 19.1. The molecule has 2 heterocycles. The highest BCUT2D eigenvalue weighted by molar-refractivity contribution is 5.27. The number of halogens is 1. The van der Waals surface area contributed by atoms with Crippen molar-refractivity contribution in [2.24, 2.45) is 17.3 Å². The Bertz CT molecular complexity index is 569. The van der Waals surface area contributed by atoms with Gasteiger partial charge in [0.25, 0.3) is 0 Å². The van der Waals surface area contributed by atoms with Gasteiger partial charge in [0.05, 0.1) is 12.3 Å². The van der Waals surface area contributed by atoms with Crippen molar-refractivity contribution in [1.82, 2.24) is 9.55 Å². The van der Waals surface area contributed by atoms with Crippen molar-refractivity contribution >= 4 is 5.82 Å². The number of nitrogen functional groups attached to an aromatic ring is 1. The first-order chi connectivity index (χ1) is 8.34. The van der Waals surface area contributed by atoms with Gasteiger partial charge in [0.15, 0.2) is 11.6 Å². The Labute approximate surface area is 104 Å². The summed E-state index contributed by atoms with van der Waals surface area (Å²) in [7, 11) is 0. The number of aromatic nitrogens is 2. The average Bonchev–Trinajstić information content (AvgIpc) is 2.64. The molecule has 1 saturated heterocycles. The van der Waals surface area contributed by atoms with E-state index < -0.39 is 17.7 Å². The summed E-state index contributed by atoms with van der Waals surface area (Å²) in [5.41, 5.74) is 4.84. The molecule has 4 atom stereocenters. The number of hydrogen-bond acceptors (Lipinski definition) is 4. The van der Waals surface area contributed by atoms with Gasteiger partial charge >= 0.3 is 5.69 Å². The second-order valence-electron chi connectivity index (χ2n) is 5.77. The van der Waals surface area contributed by atoms with E-state index in [-0.39, 0.29) is 23.3 Å². The van der Waals surface area contributed by atoms with E-state index in [1.54, 1.807) is 0 Å². The molecule has 0 unspecified atom stereocenters. The van der Waals surface area contributed by atoms with Gasteiger partial charge in [0.1, 0.15) is 6.23 Å². The zero-order valence-electron chi connectivity index (χ0n) is 10.6. The molecule has 98 valence electrons. The minimum atomic E-state index is -0.687. The Balaban J connectivity index is 2.03. The van der Waals surface area contributed by atoms with Crippen molar-refractivity contribution in [1.29, 1.82) is 0 Å². The van der Waals surface area contributed by atoms with E-state index in [0.29, 0.717) is 5.92 Å². The van der Waals surface area contributed by atoms with E-state index in [4.69, 9.17) is 10.5 Å². The van der Waals surface area contributed by atoms with Crippen LogP contribution in [0.2, 0.25) is 0 Å². The summed E-state index contributed by atoms with van der Waals surface area (Å²) >= 11 is 0. The SMILES string of the molecule is C[C@H]1O[C@@H](n2cc(F)c(N)nc2=O)[C@@H]2[C@H]1C2(C)C. The summed E-state index contributed by atoms with van der Waals surface area (Å²) in [6.07, 6.45) is 0.733. The number of hydrogen-bond donors (Lipinski definition) is 1. The van der Waals surface area contributed by atoms with Gasteiger partial charge in [-0.25, -0.2) is 9.18 Å². The van der Waals surface area contributed by atoms with Gasteiger partial charge in [-0.15, -0.1) is 0 Å². The second kappa shape index (κ2) is 3.32. The van der Waals surface area contributed by atoms with E-state index in [2.05, 4.69) is 18.8 Å². The lowest BCUT2D eigenvalue weighted by Gasteiger charge is -2.23. The van der Waals surface area contributed by atoms with Crippen LogP contribution in [0.4, 0.5) is 10.2 Å². The minimum absolute atomic E-state index is 0.0718. The molecule has 2 fully saturated rings. The molecule has 0 radical (unpaired) electrons. The summed E-state index contributed by atoms with van der Waals surface area (Å²) in [6.45, 7) is 6.26. The van der Waals surface area contributed by atoms with Crippen LogP contribution < -0.4 is 11.4 Å². The largest absolute Gasteiger partial charge is 0.381 e. The molecule has 0 aromatic carbocycles. The normalized spacial score (nSPS) is 36.4. The fourth-order valence-electron chi connectivity index (χ4n) is 3.43. The van der Waals surface area contributed by atoms with Crippen LogP contribution in [0.5, 0.6) is 0 Å². The summed E-state index contributed by atoms with van der Waals surface area (Å²) in [4.78, 5) is 15.3. The molecule has 0 bridgehead atoms. The third-order valence-corrected chi connectivity index (χ3v) is 4.37. The monoisotopic (exact) mass is 253 g/mol. The van der Waals surface area contributed by atoms with E-state index >= 15 is 0 Å². The van der Waals surface area contributed by atoms with Crippen molar-refractivity contribution in [3.63, 3.8) is 0 Å². The molecule has 6 heteroatoms. The maximum atomic E-state index is 13.4. The van der Waals surface area contributed by atoms with Crippen LogP contribution >= 0.6 is 0 Å². The smallest absolute Gasteiger partial charge is 0.351 e. The summed E-state index contributed by atoms with van der Waals surface area (Å²) in [6, 6.07) is 0. The molecule has 0 spiro atoms. The summed E-state index contributed by atoms with van der Waals surface area (Å²) in [5, 5.41) is 0. The topological polar surface area (TPSA) is 70.1 Å².